The molecule has 0 radical (unpaired) electrons. The van der Waals surface area contributed by atoms with E-state index in [0.29, 0.717) is 22.4 Å². The fraction of sp³-hybridized carbons (Fsp3) is 0.0455. The fourth-order valence-electron chi connectivity index (χ4n) is 2.80. The first-order chi connectivity index (χ1) is 13.7. The molecule has 0 aliphatic heterocycles. The molecule has 0 unspecified atom stereocenters. The van der Waals surface area contributed by atoms with E-state index in [-0.39, 0.29) is 5.91 Å². The van der Waals surface area contributed by atoms with E-state index in [4.69, 9.17) is 16.0 Å². The monoisotopic (exact) mass is 389 g/mol. The molecule has 5 nitrogen and oxygen atoms in total. The lowest BCUT2D eigenvalue weighted by molar-refractivity contribution is 0.0938. The van der Waals surface area contributed by atoms with Gasteiger partial charge in [0.25, 0.3) is 5.91 Å². The fourth-order valence-corrected chi connectivity index (χ4v) is 2.92. The van der Waals surface area contributed by atoms with Crippen molar-refractivity contribution in [3.8, 4) is 11.5 Å². The quantitative estimate of drug-likeness (QED) is 0.526. The summed E-state index contributed by atoms with van der Waals surface area (Å²) in [5, 5.41) is 11.9. The summed E-state index contributed by atoms with van der Waals surface area (Å²) in [6.45, 7) is 0. The number of carbonyl (C=O) groups excluding carboxylic acids is 1. The first-order valence-corrected chi connectivity index (χ1v) is 9.09. The van der Waals surface area contributed by atoms with Gasteiger partial charge >= 0.3 is 0 Å². The second-order valence-electron chi connectivity index (χ2n) is 6.14. The number of amides is 1. The molecule has 3 aromatic carbocycles. The maximum atomic E-state index is 12.7. The molecular formula is C22H16ClN3O2. The molecule has 0 fully saturated rings. The Morgan fingerprint density at radius 1 is 0.857 bits per heavy atom. The van der Waals surface area contributed by atoms with Gasteiger partial charge in [0, 0.05) is 16.1 Å². The molecule has 0 saturated carbocycles. The van der Waals surface area contributed by atoms with Crippen molar-refractivity contribution in [3.63, 3.8) is 0 Å². The van der Waals surface area contributed by atoms with Gasteiger partial charge in [-0.2, -0.15) is 0 Å². The van der Waals surface area contributed by atoms with Crippen LogP contribution in [0.25, 0.3) is 11.5 Å². The highest BCUT2D eigenvalue weighted by atomic mass is 35.5. The lowest BCUT2D eigenvalue weighted by atomic mass is 10.1. The molecule has 0 saturated heterocycles. The Balaban J connectivity index is 1.66. The van der Waals surface area contributed by atoms with Crippen LogP contribution in [-0.2, 0) is 0 Å². The summed E-state index contributed by atoms with van der Waals surface area (Å²) >= 11 is 5.94. The zero-order valence-electron chi connectivity index (χ0n) is 14.7. The van der Waals surface area contributed by atoms with Crippen LogP contribution >= 0.6 is 11.6 Å². The summed E-state index contributed by atoms with van der Waals surface area (Å²) in [6, 6.07) is 25.1. The number of benzene rings is 3. The Bertz CT molecular complexity index is 1060. The second-order valence-corrected chi connectivity index (χ2v) is 6.57. The third-order valence-electron chi connectivity index (χ3n) is 4.22. The summed E-state index contributed by atoms with van der Waals surface area (Å²) in [4.78, 5) is 12.7. The Morgan fingerprint density at radius 2 is 1.50 bits per heavy atom. The van der Waals surface area contributed by atoms with E-state index in [2.05, 4.69) is 15.5 Å². The molecule has 4 aromatic rings. The molecule has 1 aromatic heterocycles. The van der Waals surface area contributed by atoms with Gasteiger partial charge in [-0.05, 0) is 42.0 Å². The summed E-state index contributed by atoms with van der Waals surface area (Å²) < 4.78 is 5.88. The minimum Gasteiger partial charge on any atom is -0.418 e. The molecule has 1 atom stereocenters. The Labute approximate surface area is 167 Å². The normalized spacial score (nSPS) is 11.8. The average molecular weight is 390 g/mol. The van der Waals surface area contributed by atoms with Crippen molar-refractivity contribution in [1.29, 1.82) is 0 Å². The van der Waals surface area contributed by atoms with Crippen LogP contribution in [0.2, 0.25) is 5.02 Å². The molecule has 0 aliphatic rings. The lowest BCUT2D eigenvalue weighted by Crippen LogP contribution is -2.29. The number of aromatic nitrogens is 2. The average Bonchev–Trinajstić information content (AvgIpc) is 3.23. The molecular weight excluding hydrogens is 374 g/mol. The van der Waals surface area contributed by atoms with Crippen molar-refractivity contribution < 1.29 is 9.21 Å². The summed E-state index contributed by atoms with van der Waals surface area (Å²) in [7, 11) is 0. The number of halogens is 1. The van der Waals surface area contributed by atoms with Gasteiger partial charge < -0.3 is 9.73 Å². The zero-order chi connectivity index (χ0) is 19.3. The van der Waals surface area contributed by atoms with Gasteiger partial charge in [0.15, 0.2) is 0 Å². The minimum absolute atomic E-state index is 0.222. The number of hydrogen-bond acceptors (Lipinski definition) is 4. The van der Waals surface area contributed by atoms with Crippen LogP contribution in [0.15, 0.2) is 89.3 Å². The summed E-state index contributed by atoms with van der Waals surface area (Å²) in [5.41, 5.74) is 2.16. The molecule has 1 N–H and O–H groups in total. The van der Waals surface area contributed by atoms with Crippen LogP contribution < -0.4 is 5.32 Å². The zero-order valence-corrected chi connectivity index (χ0v) is 15.5. The van der Waals surface area contributed by atoms with E-state index in [9.17, 15) is 4.79 Å². The van der Waals surface area contributed by atoms with Crippen LogP contribution in [0.4, 0.5) is 0 Å². The maximum absolute atomic E-state index is 12.7. The third kappa shape index (κ3) is 3.94. The van der Waals surface area contributed by atoms with Gasteiger partial charge in [-0.25, -0.2) is 0 Å². The molecule has 28 heavy (non-hydrogen) atoms. The largest absolute Gasteiger partial charge is 0.418 e. The minimum atomic E-state index is -0.567. The van der Waals surface area contributed by atoms with E-state index in [1.165, 1.54) is 0 Å². The molecule has 138 valence electrons. The highest BCUT2D eigenvalue weighted by Gasteiger charge is 2.23. The Morgan fingerprint density at radius 3 is 2.18 bits per heavy atom. The smallest absolute Gasteiger partial charge is 0.252 e. The van der Waals surface area contributed by atoms with Crippen LogP contribution in [0.5, 0.6) is 0 Å². The number of carbonyl (C=O) groups is 1. The Hall–Kier alpha value is -3.44. The standard InChI is InChI=1S/C22H16ClN3O2/c23-18-13-11-17(12-14-18)21-25-26-22(28-21)19(15-7-3-1-4-8-15)24-20(27)16-9-5-2-6-10-16/h1-14,19H,(H,24,27)/t19-/m0/s1. The summed E-state index contributed by atoms with van der Waals surface area (Å²) in [6.07, 6.45) is 0. The molecule has 1 heterocycles. The predicted molar refractivity (Wildman–Crippen MR) is 107 cm³/mol. The van der Waals surface area contributed by atoms with Gasteiger partial charge in [-0.3, -0.25) is 4.79 Å². The van der Waals surface area contributed by atoms with Crippen molar-refractivity contribution in [3.05, 3.63) is 107 Å². The second kappa shape index (κ2) is 8.06. The van der Waals surface area contributed by atoms with Crippen molar-refractivity contribution in [2.45, 2.75) is 6.04 Å². The van der Waals surface area contributed by atoms with Crippen molar-refractivity contribution in [2.75, 3.05) is 0 Å². The van der Waals surface area contributed by atoms with Crippen LogP contribution in [0, 0.1) is 0 Å². The number of nitrogens with zero attached hydrogens (tertiary/aromatic N) is 2. The highest BCUT2D eigenvalue weighted by molar-refractivity contribution is 6.30. The molecule has 0 aliphatic carbocycles. The first kappa shape index (κ1) is 17.9. The molecule has 0 spiro atoms. The van der Waals surface area contributed by atoms with Crippen LogP contribution in [-0.4, -0.2) is 16.1 Å². The van der Waals surface area contributed by atoms with E-state index < -0.39 is 6.04 Å². The van der Waals surface area contributed by atoms with E-state index in [0.717, 1.165) is 11.1 Å². The number of hydrogen-bond donors (Lipinski definition) is 1. The SMILES string of the molecule is O=C(N[C@@H](c1ccccc1)c1nnc(-c2ccc(Cl)cc2)o1)c1ccccc1. The Kier molecular flexibility index (Phi) is 5.17. The highest BCUT2D eigenvalue weighted by Crippen LogP contribution is 2.26. The maximum Gasteiger partial charge on any atom is 0.252 e. The predicted octanol–water partition coefficient (Wildman–Crippen LogP) is 4.91. The van der Waals surface area contributed by atoms with E-state index >= 15 is 0 Å². The molecule has 6 heteroatoms. The number of rotatable bonds is 5. The van der Waals surface area contributed by atoms with Crippen LogP contribution in [0.3, 0.4) is 0 Å². The third-order valence-corrected chi connectivity index (χ3v) is 4.48. The topological polar surface area (TPSA) is 68.0 Å². The van der Waals surface area contributed by atoms with E-state index in [1.54, 1.807) is 36.4 Å². The lowest BCUT2D eigenvalue weighted by Gasteiger charge is -2.15. The first-order valence-electron chi connectivity index (χ1n) is 8.71. The van der Waals surface area contributed by atoms with Gasteiger partial charge in [0.05, 0.1) is 0 Å². The van der Waals surface area contributed by atoms with Crippen LogP contribution in [0.1, 0.15) is 27.9 Å². The van der Waals surface area contributed by atoms with Crippen molar-refractivity contribution in [1.82, 2.24) is 15.5 Å². The van der Waals surface area contributed by atoms with Crippen molar-refractivity contribution in [2.24, 2.45) is 0 Å². The molecule has 0 bridgehead atoms. The van der Waals surface area contributed by atoms with Gasteiger partial charge in [-0.15, -0.1) is 10.2 Å². The van der Waals surface area contributed by atoms with Gasteiger partial charge in [0.1, 0.15) is 6.04 Å². The van der Waals surface area contributed by atoms with Gasteiger partial charge in [-0.1, -0.05) is 60.1 Å². The van der Waals surface area contributed by atoms with E-state index in [1.807, 2.05) is 48.5 Å². The molecule has 1 amide bonds. The van der Waals surface area contributed by atoms with Crippen molar-refractivity contribution >= 4 is 17.5 Å². The van der Waals surface area contributed by atoms with Gasteiger partial charge in [0.2, 0.25) is 11.8 Å². The number of nitrogens with one attached hydrogen (secondary N) is 1. The summed E-state index contributed by atoms with van der Waals surface area (Å²) in [5.74, 6) is 0.447. The molecule has 4 rings (SSSR count).